The summed E-state index contributed by atoms with van der Waals surface area (Å²) in [5, 5.41) is -0.132. The third kappa shape index (κ3) is 3.13. The van der Waals surface area contributed by atoms with Crippen LogP contribution in [0.15, 0.2) is 36.5 Å². The second-order valence-corrected chi connectivity index (χ2v) is 7.18. The first kappa shape index (κ1) is 18.8. The van der Waals surface area contributed by atoms with Crippen LogP contribution in [0, 0.1) is 0 Å². The normalized spacial score (nSPS) is 14.4. The highest BCUT2D eigenvalue weighted by atomic mass is 35.5. The smallest absolute Gasteiger partial charge is 0.333 e. The van der Waals surface area contributed by atoms with Crippen LogP contribution in [-0.4, -0.2) is 26.7 Å². The van der Waals surface area contributed by atoms with E-state index in [-0.39, 0.29) is 22.3 Å². The van der Waals surface area contributed by atoms with Gasteiger partial charge in [-0.25, -0.2) is 4.98 Å². The summed E-state index contributed by atoms with van der Waals surface area (Å²) in [7, 11) is 0. The molecule has 0 saturated heterocycles. The summed E-state index contributed by atoms with van der Waals surface area (Å²) in [5.74, 6) is -0.339. The topological polar surface area (TPSA) is 37.6 Å². The number of aromatic nitrogens is 2. The molecule has 3 heterocycles. The van der Waals surface area contributed by atoms with Crippen molar-refractivity contribution in [3.05, 3.63) is 69.6 Å². The molecule has 3 aromatic rings. The van der Waals surface area contributed by atoms with Crippen molar-refractivity contribution in [1.29, 1.82) is 0 Å². The highest BCUT2D eigenvalue weighted by Crippen LogP contribution is 2.33. The molecule has 0 bridgehead atoms. The van der Waals surface area contributed by atoms with Gasteiger partial charge in [-0.05, 0) is 30.0 Å². The first-order valence-electron chi connectivity index (χ1n) is 8.93. The van der Waals surface area contributed by atoms with Crippen LogP contribution < -0.4 is 0 Å². The number of halogens is 4. The minimum Gasteiger partial charge on any atom is -0.333 e. The Balaban J connectivity index is 1.81. The van der Waals surface area contributed by atoms with Gasteiger partial charge in [-0.15, -0.1) is 0 Å². The van der Waals surface area contributed by atoms with Crippen LogP contribution >= 0.6 is 11.6 Å². The van der Waals surface area contributed by atoms with E-state index in [1.807, 2.05) is 31.2 Å². The van der Waals surface area contributed by atoms with Crippen molar-refractivity contribution in [2.45, 2.75) is 32.5 Å². The second kappa shape index (κ2) is 6.81. The maximum Gasteiger partial charge on any atom is 0.417 e. The molecular formula is C20H17ClF3N3O. The number of hydrogen-bond acceptors (Lipinski definition) is 2. The monoisotopic (exact) mass is 407 g/mol. The molecule has 4 rings (SSSR count). The number of carbonyl (C=O) groups is 1. The fourth-order valence-electron chi connectivity index (χ4n) is 3.60. The first-order valence-corrected chi connectivity index (χ1v) is 9.31. The fourth-order valence-corrected chi connectivity index (χ4v) is 3.85. The van der Waals surface area contributed by atoms with Crippen molar-refractivity contribution in [2.24, 2.45) is 0 Å². The lowest BCUT2D eigenvalue weighted by Crippen LogP contribution is -2.37. The van der Waals surface area contributed by atoms with Gasteiger partial charge in [-0.3, -0.25) is 9.20 Å². The van der Waals surface area contributed by atoms with Crippen LogP contribution in [0.1, 0.15) is 39.8 Å². The van der Waals surface area contributed by atoms with Crippen LogP contribution in [0.2, 0.25) is 5.02 Å². The Morgan fingerprint density at radius 2 is 1.96 bits per heavy atom. The molecular weight excluding hydrogens is 391 g/mol. The molecule has 28 heavy (non-hydrogen) atoms. The number of imidazole rings is 1. The van der Waals surface area contributed by atoms with Crippen molar-refractivity contribution >= 4 is 23.2 Å². The molecule has 0 fully saturated rings. The van der Waals surface area contributed by atoms with Crippen LogP contribution in [0.3, 0.4) is 0 Å². The zero-order chi connectivity index (χ0) is 20.1. The largest absolute Gasteiger partial charge is 0.417 e. The van der Waals surface area contributed by atoms with E-state index in [2.05, 4.69) is 4.98 Å². The van der Waals surface area contributed by atoms with E-state index in [0.29, 0.717) is 31.6 Å². The van der Waals surface area contributed by atoms with Gasteiger partial charge in [-0.2, -0.15) is 13.2 Å². The fraction of sp³-hybridized carbons (Fsp3) is 0.300. The van der Waals surface area contributed by atoms with E-state index in [0.717, 1.165) is 17.8 Å². The van der Waals surface area contributed by atoms with Gasteiger partial charge in [0.15, 0.2) is 5.65 Å². The van der Waals surface area contributed by atoms with Gasteiger partial charge >= 0.3 is 6.18 Å². The van der Waals surface area contributed by atoms with Gasteiger partial charge in [-0.1, -0.05) is 42.8 Å². The van der Waals surface area contributed by atoms with Crippen molar-refractivity contribution in [3.8, 4) is 0 Å². The Kier molecular flexibility index (Phi) is 4.57. The number of hydrogen-bond donors (Lipinski definition) is 0. The molecule has 0 radical (unpaired) electrons. The van der Waals surface area contributed by atoms with Crippen LogP contribution in [0.4, 0.5) is 13.2 Å². The standard InChI is InChI=1S/C20H17ClF3N3O/c1-2-16-17(19(28)26-8-7-12-5-3-4-6-13(12)10-26)27-11-14(20(22,23)24)9-15(21)18(27)25-16/h3-6,9,11H,2,7-8,10H2,1H3. The number of pyridine rings is 1. The molecule has 1 aromatic carbocycles. The Labute approximate surface area is 164 Å². The summed E-state index contributed by atoms with van der Waals surface area (Å²) in [6.45, 7) is 2.72. The predicted octanol–water partition coefficient (Wildman–Crippen LogP) is 4.77. The lowest BCUT2D eigenvalue weighted by molar-refractivity contribution is -0.137. The van der Waals surface area contributed by atoms with Gasteiger partial charge in [0.1, 0.15) is 5.69 Å². The molecule has 8 heteroatoms. The van der Waals surface area contributed by atoms with Gasteiger partial charge in [0.25, 0.3) is 5.91 Å². The molecule has 1 aliphatic rings. The zero-order valence-corrected chi connectivity index (χ0v) is 15.8. The van der Waals surface area contributed by atoms with Gasteiger partial charge < -0.3 is 4.90 Å². The highest BCUT2D eigenvalue weighted by molar-refractivity contribution is 6.33. The number of benzene rings is 1. The molecule has 1 amide bonds. The summed E-state index contributed by atoms with van der Waals surface area (Å²) in [4.78, 5) is 19.3. The maximum absolute atomic E-state index is 13.3. The van der Waals surface area contributed by atoms with Crippen LogP contribution in [0.5, 0.6) is 0 Å². The Morgan fingerprint density at radius 1 is 1.25 bits per heavy atom. The number of amides is 1. The second-order valence-electron chi connectivity index (χ2n) is 6.77. The molecule has 0 N–H and O–H groups in total. The van der Waals surface area contributed by atoms with Crippen molar-refractivity contribution < 1.29 is 18.0 Å². The molecule has 146 valence electrons. The molecule has 4 nitrogen and oxygen atoms in total. The molecule has 1 aliphatic heterocycles. The average Bonchev–Trinajstić information content (AvgIpc) is 3.05. The molecule has 2 aromatic heterocycles. The lowest BCUT2D eigenvalue weighted by atomic mass is 9.99. The van der Waals surface area contributed by atoms with Gasteiger partial charge in [0.05, 0.1) is 16.3 Å². The summed E-state index contributed by atoms with van der Waals surface area (Å²) in [6.07, 6.45) is -2.56. The first-order chi connectivity index (χ1) is 13.3. The van der Waals surface area contributed by atoms with E-state index >= 15 is 0 Å². The Hall–Kier alpha value is -2.54. The number of carbonyl (C=O) groups excluding carboxylic acids is 1. The minimum atomic E-state index is -4.57. The predicted molar refractivity (Wildman–Crippen MR) is 99.5 cm³/mol. The van der Waals surface area contributed by atoms with Gasteiger partial charge in [0.2, 0.25) is 0 Å². The van der Waals surface area contributed by atoms with Gasteiger partial charge in [0, 0.05) is 19.3 Å². The Bertz CT molecular complexity index is 1070. The lowest BCUT2D eigenvalue weighted by Gasteiger charge is -2.29. The number of alkyl halides is 3. The summed E-state index contributed by atoms with van der Waals surface area (Å²) >= 11 is 6.06. The van der Waals surface area contributed by atoms with E-state index in [1.54, 1.807) is 4.90 Å². The summed E-state index contributed by atoms with van der Waals surface area (Å²) < 4.78 is 40.9. The van der Waals surface area contributed by atoms with E-state index in [9.17, 15) is 18.0 Å². The SMILES string of the molecule is CCc1nc2c(Cl)cc(C(F)(F)F)cn2c1C(=O)N1CCc2ccccc2C1. The van der Waals surface area contributed by atoms with Crippen LogP contribution in [0.25, 0.3) is 5.65 Å². The zero-order valence-electron chi connectivity index (χ0n) is 15.1. The Morgan fingerprint density at radius 3 is 2.64 bits per heavy atom. The van der Waals surface area contributed by atoms with E-state index in [4.69, 9.17) is 11.6 Å². The average molecular weight is 408 g/mol. The van der Waals surface area contributed by atoms with Crippen LogP contribution in [-0.2, 0) is 25.6 Å². The highest BCUT2D eigenvalue weighted by Gasteiger charge is 2.34. The van der Waals surface area contributed by atoms with E-state index in [1.165, 1.54) is 9.96 Å². The molecule has 0 saturated carbocycles. The third-order valence-electron chi connectivity index (χ3n) is 5.03. The molecule has 0 atom stereocenters. The number of aryl methyl sites for hydroxylation is 1. The summed E-state index contributed by atoms with van der Waals surface area (Å²) in [6, 6.07) is 8.69. The third-order valence-corrected chi connectivity index (χ3v) is 5.31. The maximum atomic E-state index is 13.3. The molecule has 0 spiro atoms. The molecule has 0 aliphatic carbocycles. The number of nitrogens with zero attached hydrogens (tertiary/aromatic N) is 3. The number of fused-ring (bicyclic) bond motifs is 2. The quantitative estimate of drug-likeness (QED) is 0.613. The molecule has 0 unspecified atom stereocenters. The van der Waals surface area contributed by atoms with Crippen molar-refractivity contribution in [3.63, 3.8) is 0 Å². The number of rotatable bonds is 2. The summed E-state index contributed by atoms with van der Waals surface area (Å²) in [5.41, 5.74) is 2.05. The van der Waals surface area contributed by atoms with Crippen molar-refractivity contribution in [2.75, 3.05) is 6.54 Å². The van der Waals surface area contributed by atoms with Crippen molar-refractivity contribution in [1.82, 2.24) is 14.3 Å². The van der Waals surface area contributed by atoms with E-state index < -0.39 is 11.7 Å². The minimum absolute atomic E-state index is 0.132.